The van der Waals surface area contributed by atoms with Gasteiger partial charge < -0.3 is 0 Å². The van der Waals surface area contributed by atoms with Crippen molar-refractivity contribution < 1.29 is 0 Å². The van der Waals surface area contributed by atoms with Crippen molar-refractivity contribution in [3.05, 3.63) is 65.2 Å². The van der Waals surface area contributed by atoms with Gasteiger partial charge in [0.25, 0.3) is 0 Å². The molecule has 0 atom stereocenters. The molecule has 0 radical (unpaired) electrons. The minimum atomic E-state index is 0.946. The fraction of sp³-hybridized carbons (Fsp3) is 0.235. The van der Waals surface area contributed by atoms with Crippen LogP contribution >= 0.6 is 0 Å². The summed E-state index contributed by atoms with van der Waals surface area (Å²) in [6.07, 6.45) is 3.91. The molecule has 2 rings (SSSR count). The van der Waals surface area contributed by atoms with Gasteiger partial charge in [0.1, 0.15) is 0 Å². The molecule has 2 heteroatoms. The van der Waals surface area contributed by atoms with E-state index in [1.807, 2.05) is 12.3 Å². The maximum absolute atomic E-state index is 4.25. The van der Waals surface area contributed by atoms with E-state index in [-0.39, 0.29) is 0 Å². The number of hydrazone groups is 1. The third-order valence-electron chi connectivity index (χ3n) is 3.20. The van der Waals surface area contributed by atoms with Crippen LogP contribution in [0.2, 0.25) is 0 Å². The first-order valence-electron chi connectivity index (χ1n) is 6.64. The van der Waals surface area contributed by atoms with Crippen molar-refractivity contribution >= 4 is 11.9 Å². The Labute approximate surface area is 115 Å². The number of anilines is 1. The van der Waals surface area contributed by atoms with E-state index in [9.17, 15) is 0 Å². The lowest BCUT2D eigenvalue weighted by atomic mass is 10.1. The number of aryl methyl sites for hydroxylation is 3. The summed E-state index contributed by atoms with van der Waals surface area (Å²) < 4.78 is 0. The van der Waals surface area contributed by atoms with E-state index in [0.717, 1.165) is 18.5 Å². The lowest BCUT2D eigenvalue weighted by Gasteiger charge is -2.04. The monoisotopic (exact) mass is 252 g/mol. The molecule has 0 saturated carbocycles. The first-order chi connectivity index (χ1) is 9.25. The van der Waals surface area contributed by atoms with Crippen LogP contribution in [0.4, 0.5) is 5.69 Å². The summed E-state index contributed by atoms with van der Waals surface area (Å²) in [5.41, 5.74) is 8.04. The van der Waals surface area contributed by atoms with E-state index in [2.05, 4.69) is 66.8 Å². The van der Waals surface area contributed by atoms with Gasteiger partial charge in [0.05, 0.1) is 5.69 Å². The minimum Gasteiger partial charge on any atom is -0.279 e. The van der Waals surface area contributed by atoms with Gasteiger partial charge in [0, 0.05) is 6.21 Å². The van der Waals surface area contributed by atoms with E-state index in [1.165, 1.54) is 16.7 Å². The van der Waals surface area contributed by atoms with Gasteiger partial charge >= 0.3 is 0 Å². The zero-order valence-electron chi connectivity index (χ0n) is 11.6. The molecule has 0 unspecified atom stereocenters. The molecule has 0 aliphatic rings. The van der Waals surface area contributed by atoms with Gasteiger partial charge in [-0.1, -0.05) is 36.4 Å². The van der Waals surface area contributed by atoms with Crippen molar-refractivity contribution in [1.29, 1.82) is 0 Å². The summed E-state index contributed by atoms with van der Waals surface area (Å²) in [7, 11) is 0. The summed E-state index contributed by atoms with van der Waals surface area (Å²) in [5.74, 6) is 0. The summed E-state index contributed by atoms with van der Waals surface area (Å²) in [6, 6.07) is 16.7. The summed E-state index contributed by atoms with van der Waals surface area (Å²) in [4.78, 5) is 0. The second-order valence-corrected chi connectivity index (χ2v) is 4.75. The highest BCUT2D eigenvalue weighted by atomic mass is 15.3. The minimum absolute atomic E-state index is 0.946. The molecular formula is C17H20N2. The molecule has 0 amide bonds. The quantitative estimate of drug-likeness (QED) is 0.621. The Balaban J connectivity index is 1.79. The highest BCUT2D eigenvalue weighted by molar-refractivity contribution is 5.60. The van der Waals surface area contributed by atoms with Gasteiger partial charge in [0.2, 0.25) is 0 Å². The Hall–Kier alpha value is -2.09. The Kier molecular flexibility index (Phi) is 4.73. The SMILES string of the molecule is Cc1ccc(NN=CCCc2ccccc2)cc1C. The molecule has 0 bridgehead atoms. The summed E-state index contributed by atoms with van der Waals surface area (Å²) >= 11 is 0. The van der Waals surface area contributed by atoms with Crippen molar-refractivity contribution in [2.75, 3.05) is 5.43 Å². The summed E-state index contributed by atoms with van der Waals surface area (Å²) in [6.45, 7) is 4.22. The molecule has 0 fully saturated rings. The summed E-state index contributed by atoms with van der Waals surface area (Å²) in [5, 5.41) is 4.25. The zero-order chi connectivity index (χ0) is 13.5. The van der Waals surface area contributed by atoms with E-state index >= 15 is 0 Å². The molecule has 0 aliphatic heterocycles. The maximum Gasteiger partial charge on any atom is 0.0564 e. The van der Waals surface area contributed by atoms with E-state index < -0.39 is 0 Å². The Bertz CT molecular complexity index is 544. The maximum atomic E-state index is 4.25. The van der Waals surface area contributed by atoms with E-state index in [1.54, 1.807) is 0 Å². The third-order valence-corrected chi connectivity index (χ3v) is 3.20. The molecule has 0 heterocycles. The lowest BCUT2D eigenvalue weighted by molar-refractivity contribution is 1.05. The van der Waals surface area contributed by atoms with Gasteiger partial charge in [-0.05, 0) is 55.5 Å². The Morgan fingerprint density at radius 2 is 1.79 bits per heavy atom. The van der Waals surface area contributed by atoms with E-state index in [4.69, 9.17) is 0 Å². The van der Waals surface area contributed by atoms with Crippen molar-refractivity contribution in [1.82, 2.24) is 0 Å². The lowest BCUT2D eigenvalue weighted by Crippen LogP contribution is -1.92. The topological polar surface area (TPSA) is 24.4 Å². The van der Waals surface area contributed by atoms with Crippen LogP contribution in [0.25, 0.3) is 0 Å². The number of hydrogen-bond acceptors (Lipinski definition) is 2. The molecule has 1 N–H and O–H groups in total. The number of rotatable bonds is 5. The third kappa shape index (κ3) is 4.25. The largest absolute Gasteiger partial charge is 0.279 e. The van der Waals surface area contributed by atoms with Crippen LogP contribution < -0.4 is 5.43 Å². The fourth-order valence-corrected chi connectivity index (χ4v) is 1.87. The van der Waals surface area contributed by atoms with Crippen molar-refractivity contribution in [3.8, 4) is 0 Å². The molecule has 0 saturated heterocycles. The van der Waals surface area contributed by atoms with Gasteiger partial charge in [-0.2, -0.15) is 5.10 Å². The van der Waals surface area contributed by atoms with Crippen LogP contribution in [0.3, 0.4) is 0 Å². The fourth-order valence-electron chi connectivity index (χ4n) is 1.87. The average Bonchev–Trinajstić information content (AvgIpc) is 2.43. The van der Waals surface area contributed by atoms with Crippen LogP contribution in [0.5, 0.6) is 0 Å². The van der Waals surface area contributed by atoms with Crippen LogP contribution in [0.15, 0.2) is 53.6 Å². The number of benzene rings is 2. The molecule has 0 aromatic heterocycles. The second kappa shape index (κ2) is 6.74. The molecule has 2 aromatic rings. The molecular weight excluding hydrogens is 232 g/mol. The molecule has 98 valence electrons. The molecule has 19 heavy (non-hydrogen) atoms. The Morgan fingerprint density at radius 1 is 1.00 bits per heavy atom. The van der Waals surface area contributed by atoms with E-state index in [0.29, 0.717) is 0 Å². The highest BCUT2D eigenvalue weighted by Crippen LogP contribution is 2.13. The van der Waals surface area contributed by atoms with Gasteiger partial charge in [-0.15, -0.1) is 0 Å². The van der Waals surface area contributed by atoms with Crippen LogP contribution in [-0.4, -0.2) is 6.21 Å². The Morgan fingerprint density at radius 3 is 2.53 bits per heavy atom. The number of nitrogens with one attached hydrogen (secondary N) is 1. The zero-order valence-corrected chi connectivity index (χ0v) is 11.6. The normalized spacial score (nSPS) is 10.8. The molecule has 2 aromatic carbocycles. The van der Waals surface area contributed by atoms with Crippen molar-refractivity contribution in [3.63, 3.8) is 0 Å². The molecule has 0 aliphatic carbocycles. The van der Waals surface area contributed by atoms with Gasteiger partial charge in [0.15, 0.2) is 0 Å². The van der Waals surface area contributed by atoms with Crippen molar-refractivity contribution in [2.45, 2.75) is 26.7 Å². The van der Waals surface area contributed by atoms with Crippen LogP contribution in [0, 0.1) is 13.8 Å². The van der Waals surface area contributed by atoms with Crippen LogP contribution in [-0.2, 0) is 6.42 Å². The smallest absolute Gasteiger partial charge is 0.0564 e. The predicted molar refractivity (Wildman–Crippen MR) is 82.8 cm³/mol. The molecule has 0 spiro atoms. The van der Waals surface area contributed by atoms with Crippen molar-refractivity contribution in [2.24, 2.45) is 5.10 Å². The van der Waals surface area contributed by atoms with Gasteiger partial charge in [-0.3, -0.25) is 5.43 Å². The second-order valence-electron chi connectivity index (χ2n) is 4.75. The first-order valence-corrected chi connectivity index (χ1v) is 6.64. The van der Waals surface area contributed by atoms with Crippen LogP contribution in [0.1, 0.15) is 23.1 Å². The first kappa shape index (κ1) is 13.3. The number of hydrogen-bond donors (Lipinski definition) is 1. The molecule has 2 nitrogen and oxygen atoms in total. The number of nitrogens with zero attached hydrogens (tertiary/aromatic N) is 1. The predicted octanol–water partition coefficient (Wildman–Crippen LogP) is 4.33. The highest BCUT2D eigenvalue weighted by Gasteiger charge is 1.94. The standard InChI is InChI=1S/C17H20N2/c1-14-10-11-17(13-15(14)2)19-18-12-6-9-16-7-4-3-5-8-16/h3-5,7-8,10-13,19H,6,9H2,1-2H3. The average molecular weight is 252 g/mol. The van der Waals surface area contributed by atoms with Gasteiger partial charge in [-0.25, -0.2) is 0 Å².